The Morgan fingerprint density at radius 1 is 0.885 bits per heavy atom. The Kier molecular flexibility index (Phi) is 6.02. The third-order valence-electron chi connectivity index (χ3n) is 4.68. The van der Waals surface area contributed by atoms with Gasteiger partial charge in [-0.2, -0.15) is 0 Å². The Morgan fingerprint density at radius 3 is 2.27 bits per heavy atom. The first-order chi connectivity index (χ1) is 12.7. The summed E-state index contributed by atoms with van der Waals surface area (Å²) in [5.41, 5.74) is 2.36. The number of methoxy groups -OCH3 is 1. The summed E-state index contributed by atoms with van der Waals surface area (Å²) in [5.74, 6) is -0.377. The summed E-state index contributed by atoms with van der Waals surface area (Å²) in [6.07, 6.45) is 0.957. The van der Waals surface area contributed by atoms with Crippen LogP contribution in [0.3, 0.4) is 0 Å². The maximum absolute atomic E-state index is 12.8. The molecule has 1 saturated heterocycles. The summed E-state index contributed by atoms with van der Waals surface area (Å²) in [7, 11) is 1.35. The third kappa shape index (κ3) is 4.49. The number of ether oxygens (including phenoxy) is 1. The van der Waals surface area contributed by atoms with Crippen LogP contribution in [-0.4, -0.2) is 55.0 Å². The number of hydrogen-bond acceptors (Lipinski definition) is 4. The first-order valence-corrected chi connectivity index (χ1v) is 8.91. The van der Waals surface area contributed by atoms with E-state index in [1.807, 2.05) is 11.0 Å². The predicted molar refractivity (Wildman–Crippen MR) is 100 cm³/mol. The molecule has 2 aromatic carbocycles. The van der Waals surface area contributed by atoms with Crippen LogP contribution in [0.5, 0.6) is 0 Å². The molecule has 0 atom stereocenters. The van der Waals surface area contributed by atoms with Crippen LogP contribution >= 0.6 is 0 Å². The van der Waals surface area contributed by atoms with Crippen molar-refractivity contribution in [3.8, 4) is 0 Å². The van der Waals surface area contributed by atoms with Gasteiger partial charge in [0, 0.05) is 38.3 Å². The number of esters is 1. The number of carbonyl (C=O) groups is 2. The Bertz CT molecular complexity index is 744. The Balaban J connectivity index is 1.59. The number of carbonyl (C=O) groups excluding carboxylic acids is 2. The predicted octanol–water partition coefficient (Wildman–Crippen LogP) is 2.82. The smallest absolute Gasteiger partial charge is 0.337 e. The van der Waals surface area contributed by atoms with Gasteiger partial charge >= 0.3 is 5.97 Å². The molecule has 0 N–H and O–H groups in total. The van der Waals surface area contributed by atoms with Gasteiger partial charge in [-0.05, 0) is 36.2 Å². The maximum Gasteiger partial charge on any atom is 0.337 e. The van der Waals surface area contributed by atoms with E-state index in [0.717, 1.165) is 32.6 Å². The first kappa shape index (κ1) is 18.1. The number of rotatable bonds is 4. The molecular weight excluding hydrogens is 328 g/mol. The van der Waals surface area contributed by atoms with Crippen LogP contribution in [0.2, 0.25) is 0 Å². The lowest BCUT2D eigenvalue weighted by atomic mass is 10.1. The van der Waals surface area contributed by atoms with Gasteiger partial charge in [0.25, 0.3) is 5.91 Å². The fraction of sp³-hybridized carbons (Fsp3) is 0.333. The van der Waals surface area contributed by atoms with Crippen molar-refractivity contribution in [2.75, 3.05) is 33.3 Å². The summed E-state index contributed by atoms with van der Waals surface area (Å²) in [4.78, 5) is 28.6. The second kappa shape index (κ2) is 8.63. The van der Waals surface area contributed by atoms with E-state index < -0.39 is 5.97 Å². The average molecular weight is 352 g/mol. The maximum atomic E-state index is 12.8. The van der Waals surface area contributed by atoms with Gasteiger partial charge in [0.2, 0.25) is 0 Å². The largest absolute Gasteiger partial charge is 0.465 e. The molecule has 0 saturated carbocycles. The fourth-order valence-electron chi connectivity index (χ4n) is 3.22. The highest BCUT2D eigenvalue weighted by molar-refractivity contribution is 5.96. The summed E-state index contributed by atoms with van der Waals surface area (Å²) >= 11 is 0. The van der Waals surface area contributed by atoms with Gasteiger partial charge in [0.15, 0.2) is 0 Å². The number of nitrogens with zero attached hydrogens (tertiary/aromatic N) is 2. The summed E-state index contributed by atoms with van der Waals surface area (Å²) in [6, 6.07) is 17.1. The molecule has 0 aliphatic carbocycles. The van der Waals surface area contributed by atoms with E-state index in [4.69, 9.17) is 4.74 Å². The second-order valence-electron chi connectivity index (χ2n) is 6.48. The minimum Gasteiger partial charge on any atom is -0.465 e. The lowest BCUT2D eigenvalue weighted by molar-refractivity contribution is 0.0599. The van der Waals surface area contributed by atoms with Crippen LogP contribution in [0.25, 0.3) is 0 Å². The van der Waals surface area contributed by atoms with Gasteiger partial charge < -0.3 is 9.64 Å². The van der Waals surface area contributed by atoms with Gasteiger partial charge in [0.1, 0.15) is 0 Å². The highest BCUT2D eigenvalue weighted by Crippen LogP contribution is 2.13. The van der Waals surface area contributed by atoms with Crippen LogP contribution in [0, 0.1) is 0 Å². The summed E-state index contributed by atoms with van der Waals surface area (Å²) in [5, 5.41) is 0. The molecule has 1 amide bonds. The van der Waals surface area contributed by atoms with Crippen molar-refractivity contribution in [3.05, 3.63) is 71.3 Å². The highest BCUT2D eigenvalue weighted by atomic mass is 16.5. The van der Waals surface area contributed by atoms with E-state index in [1.165, 1.54) is 12.7 Å². The van der Waals surface area contributed by atoms with Crippen LogP contribution in [0.15, 0.2) is 54.6 Å². The number of amides is 1. The standard InChI is InChI=1S/C21H24N2O3/c1-26-21(25)19-10-8-18(9-11-19)20(24)23-13-5-12-22(14-15-23)16-17-6-3-2-4-7-17/h2-4,6-11H,5,12-16H2,1H3. The van der Waals surface area contributed by atoms with E-state index >= 15 is 0 Å². The molecule has 1 aliphatic rings. The zero-order valence-corrected chi connectivity index (χ0v) is 15.1. The normalized spacial score (nSPS) is 15.3. The van der Waals surface area contributed by atoms with Gasteiger partial charge in [-0.25, -0.2) is 4.79 Å². The van der Waals surface area contributed by atoms with Crippen LogP contribution in [-0.2, 0) is 11.3 Å². The molecular formula is C21H24N2O3. The van der Waals surface area contributed by atoms with Gasteiger partial charge in [-0.3, -0.25) is 9.69 Å². The van der Waals surface area contributed by atoms with Crippen LogP contribution in [0.4, 0.5) is 0 Å². The average Bonchev–Trinajstić information content (AvgIpc) is 2.93. The summed E-state index contributed by atoms with van der Waals surface area (Å²) in [6.45, 7) is 4.23. The minimum absolute atomic E-state index is 0.0166. The van der Waals surface area contributed by atoms with Crippen LogP contribution in [0.1, 0.15) is 32.7 Å². The molecule has 0 spiro atoms. The van der Waals surface area contributed by atoms with Gasteiger partial charge in [0.05, 0.1) is 12.7 Å². The molecule has 3 rings (SSSR count). The first-order valence-electron chi connectivity index (χ1n) is 8.91. The third-order valence-corrected chi connectivity index (χ3v) is 4.68. The van der Waals surface area contributed by atoms with Gasteiger partial charge in [-0.15, -0.1) is 0 Å². The van der Waals surface area contributed by atoms with E-state index in [0.29, 0.717) is 17.7 Å². The topological polar surface area (TPSA) is 49.9 Å². The lowest BCUT2D eigenvalue weighted by Gasteiger charge is -2.22. The van der Waals surface area contributed by atoms with Crippen molar-refractivity contribution in [1.29, 1.82) is 0 Å². The molecule has 0 aromatic heterocycles. The number of benzene rings is 2. The molecule has 26 heavy (non-hydrogen) atoms. The second-order valence-corrected chi connectivity index (χ2v) is 6.48. The van der Waals surface area contributed by atoms with Crippen molar-refractivity contribution in [2.24, 2.45) is 0 Å². The van der Waals surface area contributed by atoms with Crippen LogP contribution < -0.4 is 0 Å². The quantitative estimate of drug-likeness (QED) is 0.794. The molecule has 5 heteroatoms. The molecule has 136 valence electrons. The fourth-order valence-corrected chi connectivity index (χ4v) is 3.22. The van der Waals surface area contributed by atoms with Crippen molar-refractivity contribution < 1.29 is 14.3 Å². The van der Waals surface area contributed by atoms with Crippen molar-refractivity contribution in [3.63, 3.8) is 0 Å². The molecule has 2 aromatic rings. The monoisotopic (exact) mass is 352 g/mol. The molecule has 0 bridgehead atoms. The Labute approximate surface area is 154 Å². The lowest BCUT2D eigenvalue weighted by Crippen LogP contribution is -2.35. The van der Waals surface area contributed by atoms with Crippen molar-refractivity contribution in [1.82, 2.24) is 9.80 Å². The zero-order chi connectivity index (χ0) is 18.4. The van der Waals surface area contributed by atoms with E-state index in [2.05, 4.69) is 29.2 Å². The van der Waals surface area contributed by atoms with Crippen molar-refractivity contribution in [2.45, 2.75) is 13.0 Å². The Hall–Kier alpha value is -2.66. The van der Waals surface area contributed by atoms with E-state index in [1.54, 1.807) is 24.3 Å². The highest BCUT2D eigenvalue weighted by Gasteiger charge is 2.20. The molecule has 1 heterocycles. The molecule has 5 nitrogen and oxygen atoms in total. The molecule has 0 unspecified atom stereocenters. The van der Waals surface area contributed by atoms with Crippen molar-refractivity contribution >= 4 is 11.9 Å². The van der Waals surface area contributed by atoms with Gasteiger partial charge in [-0.1, -0.05) is 30.3 Å². The molecule has 1 aliphatic heterocycles. The molecule has 0 radical (unpaired) electrons. The van der Waals surface area contributed by atoms with E-state index in [9.17, 15) is 9.59 Å². The SMILES string of the molecule is COC(=O)c1ccc(C(=O)N2CCCN(Cc3ccccc3)CC2)cc1. The Morgan fingerprint density at radius 2 is 1.58 bits per heavy atom. The zero-order valence-electron chi connectivity index (χ0n) is 15.1. The molecule has 1 fully saturated rings. The summed E-state index contributed by atoms with van der Waals surface area (Å²) < 4.78 is 4.69. The minimum atomic E-state index is -0.393. The van der Waals surface area contributed by atoms with E-state index in [-0.39, 0.29) is 5.91 Å². The number of hydrogen-bond donors (Lipinski definition) is 0.